The maximum absolute atomic E-state index is 12.5. The molecule has 3 aliphatic heterocycles. The minimum absolute atomic E-state index is 0.118. The number of benzene rings is 1. The molecule has 1 N–H and O–H groups in total. The van der Waals surface area contributed by atoms with Gasteiger partial charge in [0.2, 0.25) is 0 Å². The van der Waals surface area contributed by atoms with Crippen molar-refractivity contribution in [3.63, 3.8) is 0 Å². The Morgan fingerprint density at radius 2 is 2.03 bits per heavy atom. The molecule has 1 saturated heterocycles. The quantitative estimate of drug-likeness (QED) is 0.743. The molecule has 0 spiro atoms. The number of carbonyl (C=O) groups excluding carboxylic acids is 2. The number of hydrazone groups is 1. The summed E-state index contributed by atoms with van der Waals surface area (Å²) in [6.07, 6.45) is -0.278. The molecule has 8 nitrogen and oxygen atoms in total. The highest BCUT2D eigenvalue weighted by Gasteiger charge is 2.48. The second-order valence-electron chi connectivity index (χ2n) is 10.7. The van der Waals surface area contributed by atoms with E-state index in [1.54, 1.807) is 4.90 Å². The van der Waals surface area contributed by atoms with E-state index in [1.165, 1.54) is 0 Å². The molecular formula is C25H34N4O4. The Kier molecular flexibility index (Phi) is 5.46. The Morgan fingerprint density at radius 1 is 1.36 bits per heavy atom. The zero-order chi connectivity index (χ0) is 24.3. The monoisotopic (exact) mass is 454 g/mol. The van der Waals surface area contributed by atoms with Crippen LogP contribution in [0, 0.1) is 5.41 Å². The predicted octanol–water partition coefficient (Wildman–Crippen LogP) is 4.11. The zero-order valence-corrected chi connectivity index (χ0v) is 20.6. The number of amides is 2. The number of hydrogen-bond donors (Lipinski definition) is 1. The molecule has 3 aliphatic rings. The Morgan fingerprint density at radius 3 is 2.64 bits per heavy atom. The van der Waals surface area contributed by atoms with Crippen molar-refractivity contribution in [2.75, 3.05) is 24.6 Å². The highest BCUT2D eigenvalue weighted by Crippen LogP contribution is 2.48. The van der Waals surface area contributed by atoms with Crippen LogP contribution in [-0.2, 0) is 9.53 Å². The maximum Gasteiger partial charge on any atom is 0.410 e. The Balaban J connectivity index is 1.66. The summed E-state index contributed by atoms with van der Waals surface area (Å²) in [4.78, 5) is 28.5. The van der Waals surface area contributed by atoms with Gasteiger partial charge in [-0.15, -0.1) is 0 Å². The van der Waals surface area contributed by atoms with Crippen LogP contribution in [0.25, 0.3) is 5.57 Å². The summed E-state index contributed by atoms with van der Waals surface area (Å²) in [7, 11) is 0. The molecule has 33 heavy (non-hydrogen) atoms. The topological polar surface area (TPSA) is 83.5 Å². The molecule has 178 valence electrons. The van der Waals surface area contributed by atoms with Crippen LogP contribution in [0.3, 0.4) is 0 Å². The molecule has 8 heteroatoms. The van der Waals surface area contributed by atoms with E-state index in [-0.39, 0.29) is 29.4 Å². The first-order valence-corrected chi connectivity index (χ1v) is 11.4. The minimum atomic E-state index is -0.517. The highest BCUT2D eigenvalue weighted by molar-refractivity contribution is 6.09. The molecule has 0 radical (unpaired) electrons. The van der Waals surface area contributed by atoms with Gasteiger partial charge >= 0.3 is 6.09 Å². The van der Waals surface area contributed by atoms with Gasteiger partial charge in [0.15, 0.2) is 5.84 Å². The maximum atomic E-state index is 12.5. The average molecular weight is 455 g/mol. The van der Waals surface area contributed by atoms with Gasteiger partial charge in [-0.1, -0.05) is 26.0 Å². The van der Waals surface area contributed by atoms with Crippen molar-refractivity contribution in [3.8, 4) is 5.75 Å². The van der Waals surface area contributed by atoms with Crippen molar-refractivity contribution in [1.29, 1.82) is 0 Å². The minimum Gasteiger partial charge on any atom is -0.483 e. The van der Waals surface area contributed by atoms with Crippen LogP contribution in [0.15, 0.2) is 23.8 Å². The van der Waals surface area contributed by atoms with E-state index >= 15 is 0 Å². The SMILES string of the molecule is C=C(C)c1cc2c(cc1C(C)C1(C)CN(C(=O)OC(C)(C)C)C1)N1C(=NNC(=O)C1C)CO2. The fourth-order valence-electron chi connectivity index (χ4n) is 4.75. The molecule has 1 aromatic rings. The molecule has 0 aliphatic carbocycles. The summed E-state index contributed by atoms with van der Waals surface area (Å²) in [6.45, 7) is 19.6. The predicted molar refractivity (Wildman–Crippen MR) is 128 cm³/mol. The number of ether oxygens (including phenoxy) is 2. The van der Waals surface area contributed by atoms with Gasteiger partial charge in [-0.05, 0) is 63.8 Å². The molecule has 4 rings (SSSR count). The van der Waals surface area contributed by atoms with Gasteiger partial charge in [0, 0.05) is 18.5 Å². The molecule has 2 amide bonds. The van der Waals surface area contributed by atoms with Crippen molar-refractivity contribution in [2.24, 2.45) is 10.5 Å². The summed E-state index contributed by atoms with van der Waals surface area (Å²) in [6, 6.07) is 3.74. The lowest BCUT2D eigenvalue weighted by molar-refractivity contribution is -0.122. The number of nitrogens with one attached hydrogen (secondary N) is 1. The average Bonchev–Trinajstić information content (AvgIpc) is 2.70. The summed E-state index contributed by atoms with van der Waals surface area (Å²) >= 11 is 0. The van der Waals surface area contributed by atoms with Gasteiger partial charge in [-0.25, -0.2) is 10.2 Å². The second-order valence-corrected chi connectivity index (χ2v) is 10.7. The van der Waals surface area contributed by atoms with Crippen LogP contribution in [0.4, 0.5) is 10.5 Å². The first-order chi connectivity index (χ1) is 15.3. The van der Waals surface area contributed by atoms with Crippen LogP contribution in [0.1, 0.15) is 65.5 Å². The third-order valence-corrected chi connectivity index (χ3v) is 6.81. The van der Waals surface area contributed by atoms with E-state index in [4.69, 9.17) is 9.47 Å². The van der Waals surface area contributed by atoms with Crippen LogP contribution >= 0.6 is 0 Å². The summed E-state index contributed by atoms with van der Waals surface area (Å²) in [5, 5.41) is 4.19. The van der Waals surface area contributed by atoms with Crippen molar-refractivity contribution in [1.82, 2.24) is 10.3 Å². The van der Waals surface area contributed by atoms with Gasteiger partial charge in [0.1, 0.15) is 24.0 Å². The van der Waals surface area contributed by atoms with Crippen LogP contribution < -0.4 is 15.1 Å². The summed E-state index contributed by atoms with van der Waals surface area (Å²) in [5.74, 6) is 1.38. The van der Waals surface area contributed by atoms with Gasteiger partial charge in [-0.3, -0.25) is 4.79 Å². The van der Waals surface area contributed by atoms with Crippen LogP contribution in [-0.4, -0.2) is 54.1 Å². The molecule has 1 fully saturated rings. The molecule has 0 aromatic heterocycles. The fraction of sp³-hybridized carbons (Fsp3) is 0.560. The van der Waals surface area contributed by atoms with Gasteiger partial charge in [-0.2, -0.15) is 5.10 Å². The normalized spacial score (nSPS) is 22.1. The van der Waals surface area contributed by atoms with E-state index in [0.717, 1.165) is 28.1 Å². The first-order valence-electron chi connectivity index (χ1n) is 11.4. The molecule has 1 aromatic carbocycles. The van der Waals surface area contributed by atoms with Crippen molar-refractivity contribution < 1.29 is 19.1 Å². The number of likely N-dealkylation sites (tertiary alicyclic amines) is 1. The standard InChI is InChI=1S/C25H34N4O4/c1-14(2)17-10-20-19(29-16(4)22(30)27-26-21(29)11-32-20)9-18(17)15(3)25(8)12-28(13-25)23(31)33-24(5,6)7/h9-10,15-16H,1,11-13H2,2-8H3,(H,27,30). The van der Waals surface area contributed by atoms with Gasteiger partial charge in [0.25, 0.3) is 5.91 Å². The summed E-state index contributed by atoms with van der Waals surface area (Å²) in [5.41, 5.74) is 5.87. The molecule has 0 saturated carbocycles. The molecule has 3 heterocycles. The largest absolute Gasteiger partial charge is 0.483 e. The van der Waals surface area contributed by atoms with Crippen molar-refractivity contribution in [3.05, 3.63) is 29.8 Å². The molecule has 2 unspecified atom stereocenters. The van der Waals surface area contributed by atoms with Crippen molar-refractivity contribution in [2.45, 2.75) is 66.0 Å². The third kappa shape index (κ3) is 4.07. The van der Waals surface area contributed by atoms with Crippen LogP contribution in [0.5, 0.6) is 5.75 Å². The number of amidine groups is 1. The number of fused-ring (bicyclic) bond motifs is 3. The molecular weight excluding hydrogens is 420 g/mol. The Hall–Kier alpha value is -3.03. The molecule has 0 bridgehead atoms. The lowest BCUT2D eigenvalue weighted by Gasteiger charge is -2.51. The number of nitrogens with zero attached hydrogens (tertiary/aromatic N) is 3. The van der Waals surface area contributed by atoms with Crippen molar-refractivity contribution >= 4 is 29.1 Å². The number of rotatable bonds is 3. The first kappa shape index (κ1) is 23.1. The highest BCUT2D eigenvalue weighted by atomic mass is 16.6. The zero-order valence-electron chi connectivity index (χ0n) is 20.6. The lowest BCUT2D eigenvalue weighted by atomic mass is 9.68. The lowest BCUT2D eigenvalue weighted by Crippen LogP contribution is -2.60. The second kappa shape index (κ2) is 7.78. The van der Waals surface area contributed by atoms with Crippen LogP contribution in [0.2, 0.25) is 0 Å². The van der Waals surface area contributed by atoms with E-state index in [1.807, 2.05) is 45.6 Å². The number of hydrogen-bond acceptors (Lipinski definition) is 6. The summed E-state index contributed by atoms with van der Waals surface area (Å²) < 4.78 is 11.5. The van der Waals surface area contributed by atoms with E-state index < -0.39 is 5.60 Å². The van der Waals surface area contributed by atoms with E-state index in [2.05, 4.69) is 37.0 Å². The van der Waals surface area contributed by atoms with E-state index in [9.17, 15) is 9.59 Å². The Labute approximate surface area is 195 Å². The smallest absolute Gasteiger partial charge is 0.410 e. The Bertz CT molecular complexity index is 1050. The van der Waals surface area contributed by atoms with E-state index in [0.29, 0.717) is 25.5 Å². The number of allylic oxidation sites excluding steroid dienone is 1. The number of anilines is 1. The molecule has 2 atom stereocenters. The van der Waals surface area contributed by atoms with Gasteiger partial charge in [0.05, 0.1) is 5.69 Å². The van der Waals surface area contributed by atoms with Gasteiger partial charge < -0.3 is 19.3 Å². The third-order valence-electron chi connectivity index (χ3n) is 6.81. The fourth-order valence-corrected chi connectivity index (χ4v) is 4.75. The number of carbonyl (C=O) groups is 2.